The smallest absolute Gasteiger partial charge is 0.119 e. The van der Waals surface area contributed by atoms with Crippen molar-refractivity contribution in [1.29, 1.82) is 0 Å². The number of hydrogen-bond acceptors (Lipinski definition) is 3. The van der Waals surface area contributed by atoms with Crippen molar-refractivity contribution >= 4 is 11.6 Å². The lowest BCUT2D eigenvalue weighted by Gasteiger charge is -2.26. The fourth-order valence-electron chi connectivity index (χ4n) is 3.58. The minimum atomic E-state index is 0.742. The summed E-state index contributed by atoms with van der Waals surface area (Å²) in [5.74, 6) is 0.915. The van der Waals surface area contributed by atoms with Crippen molar-refractivity contribution in [2.45, 2.75) is 19.3 Å². The molecule has 1 fully saturated rings. The predicted octanol–water partition coefficient (Wildman–Crippen LogP) is 5.93. The fourth-order valence-corrected chi connectivity index (χ4v) is 3.70. The van der Waals surface area contributed by atoms with Crippen LogP contribution >= 0.6 is 11.6 Å². The van der Waals surface area contributed by atoms with Crippen LogP contribution in [0.2, 0.25) is 5.02 Å². The first-order chi connectivity index (χ1) is 13.8. The van der Waals surface area contributed by atoms with Crippen LogP contribution in [-0.4, -0.2) is 36.1 Å². The average Bonchev–Trinajstić information content (AvgIpc) is 2.76. The second kappa shape index (κ2) is 9.22. The second-order valence-corrected chi connectivity index (χ2v) is 7.65. The van der Waals surface area contributed by atoms with Crippen molar-refractivity contribution in [3.63, 3.8) is 0 Å². The van der Waals surface area contributed by atoms with Crippen LogP contribution in [0.3, 0.4) is 0 Å². The third-order valence-corrected chi connectivity index (χ3v) is 5.47. The maximum Gasteiger partial charge on any atom is 0.119 e. The van der Waals surface area contributed by atoms with Gasteiger partial charge in [-0.2, -0.15) is 0 Å². The minimum absolute atomic E-state index is 0.742. The van der Waals surface area contributed by atoms with E-state index in [1.165, 1.54) is 32.4 Å². The molecule has 0 saturated carbocycles. The van der Waals surface area contributed by atoms with E-state index in [1.54, 1.807) is 0 Å². The molecule has 1 aliphatic rings. The summed E-state index contributed by atoms with van der Waals surface area (Å²) < 4.78 is 5.91. The number of likely N-dealkylation sites (tertiary alicyclic amines) is 1. The van der Waals surface area contributed by atoms with Gasteiger partial charge in [-0.3, -0.25) is 9.88 Å². The van der Waals surface area contributed by atoms with E-state index in [2.05, 4.69) is 34.1 Å². The molecule has 1 saturated heterocycles. The number of hydrogen-bond donors (Lipinski definition) is 0. The molecule has 0 atom stereocenters. The molecule has 0 aliphatic carbocycles. The molecule has 28 heavy (non-hydrogen) atoms. The van der Waals surface area contributed by atoms with Crippen LogP contribution in [-0.2, 0) is 0 Å². The number of rotatable bonds is 6. The lowest BCUT2D eigenvalue weighted by Crippen LogP contribution is -2.33. The fraction of sp³-hybridized carbons (Fsp3) is 0.292. The summed E-state index contributed by atoms with van der Waals surface area (Å²) >= 11 is 5.96. The van der Waals surface area contributed by atoms with Crippen LogP contribution < -0.4 is 4.74 Å². The zero-order valence-electron chi connectivity index (χ0n) is 16.0. The van der Waals surface area contributed by atoms with Gasteiger partial charge in [0.1, 0.15) is 12.4 Å². The molecule has 3 nitrogen and oxygen atoms in total. The van der Waals surface area contributed by atoms with E-state index in [4.69, 9.17) is 16.3 Å². The Morgan fingerprint density at radius 2 is 1.46 bits per heavy atom. The Morgan fingerprint density at radius 1 is 0.786 bits per heavy atom. The molecular weight excluding hydrogens is 368 g/mol. The maximum atomic E-state index is 5.96. The Balaban J connectivity index is 1.34. The van der Waals surface area contributed by atoms with Crippen LogP contribution in [0.15, 0.2) is 66.9 Å². The van der Waals surface area contributed by atoms with Crippen molar-refractivity contribution in [1.82, 2.24) is 9.88 Å². The molecule has 0 amide bonds. The maximum absolute atomic E-state index is 5.96. The number of piperidine rings is 1. The highest BCUT2D eigenvalue weighted by molar-refractivity contribution is 6.30. The van der Waals surface area contributed by atoms with Crippen LogP contribution in [0.5, 0.6) is 5.75 Å². The zero-order valence-corrected chi connectivity index (χ0v) is 16.7. The Bertz CT molecular complexity index is 870. The molecule has 0 N–H and O–H groups in total. The molecule has 1 aliphatic heterocycles. The van der Waals surface area contributed by atoms with Gasteiger partial charge in [-0.25, -0.2) is 0 Å². The van der Waals surface area contributed by atoms with E-state index in [9.17, 15) is 0 Å². The van der Waals surface area contributed by atoms with Crippen molar-refractivity contribution in [3.8, 4) is 28.1 Å². The van der Waals surface area contributed by atoms with Crippen molar-refractivity contribution in [2.24, 2.45) is 0 Å². The quantitative estimate of drug-likeness (QED) is 0.519. The molecular formula is C24H25ClN2O. The molecule has 3 aromatic rings. The Kier molecular flexibility index (Phi) is 6.25. The van der Waals surface area contributed by atoms with Crippen LogP contribution in [0.4, 0.5) is 0 Å². The summed E-state index contributed by atoms with van der Waals surface area (Å²) in [6.45, 7) is 4.17. The summed E-state index contributed by atoms with van der Waals surface area (Å²) in [6, 6.07) is 20.2. The SMILES string of the molecule is Clc1ccc(-c2ccc(-c3ccc(OCCN4CCCCC4)cc3)nc2)cc1. The summed E-state index contributed by atoms with van der Waals surface area (Å²) in [5, 5.41) is 0.742. The van der Waals surface area contributed by atoms with Gasteiger partial charge in [0, 0.05) is 28.9 Å². The normalized spacial score (nSPS) is 14.8. The lowest BCUT2D eigenvalue weighted by molar-refractivity contribution is 0.183. The first kappa shape index (κ1) is 19.0. The molecule has 144 valence electrons. The van der Waals surface area contributed by atoms with E-state index in [1.807, 2.05) is 42.6 Å². The number of aromatic nitrogens is 1. The monoisotopic (exact) mass is 392 g/mol. The number of nitrogens with zero attached hydrogens (tertiary/aromatic N) is 2. The highest BCUT2D eigenvalue weighted by Gasteiger charge is 2.09. The highest BCUT2D eigenvalue weighted by Crippen LogP contribution is 2.25. The summed E-state index contributed by atoms with van der Waals surface area (Å²) in [4.78, 5) is 7.11. The summed E-state index contributed by atoms with van der Waals surface area (Å²) in [5.41, 5.74) is 4.24. The van der Waals surface area contributed by atoms with Gasteiger partial charge >= 0.3 is 0 Å². The van der Waals surface area contributed by atoms with Crippen LogP contribution in [0, 0.1) is 0 Å². The highest BCUT2D eigenvalue weighted by atomic mass is 35.5. The summed E-state index contributed by atoms with van der Waals surface area (Å²) in [7, 11) is 0. The van der Waals surface area contributed by atoms with Gasteiger partial charge in [-0.05, 0) is 74.0 Å². The van der Waals surface area contributed by atoms with E-state index in [0.29, 0.717) is 0 Å². The molecule has 2 aromatic carbocycles. The van der Waals surface area contributed by atoms with Crippen LogP contribution in [0.25, 0.3) is 22.4 Å². The van der Waals surface area contributed by atoms with Gasteiger partial charge in [-0.1, -0.05) is 36.2 Å². The Labute approximate surface area is 171 Å². The van der Waals surface area contributed by atoms with Gasteiger partial charge < -0.3 is 4.74 Å². The molecule has 0 unspecified atom stereocenters. The molecule has 4 heteroatoms. The summed E-state index contributed by atoms with van der Waals surface area (Å²) in [6.07, 6.45) is 5.91. The first-order valence-corrected chi connectivity index (χ1v) is 10.3. The molecule has 0 spiro atoms. The van der Waals surface area contributed by atoms with E-state index < -0.39 is 0 Å². The van der Waals surface area contributed by atoms with Gasteiger partial charge in [0.2, 0.25) is 0 Å². The van der Waals surface area contributed by atoms with Crippen molar-refractivity contribution in [3.05, 3.63) is 71.9 Å². The van der Waals surface area contributed by atoms with E-state index in [-0.39, 0.29) is 0 Å². The van der Waals surface area contributed by atoms with E-state index >= 15 is 0 Å². The molecule has 1 aromatic heterocycles. The number of ether oxygens (including phenoxy) is 1. The number of halogens is 1. The molecule has 0 bridgehead atoms. The van der Waals surface area contributed by atoms with Gasteiger partial charge in [0.25, 0.3) is 0 Å². The molecule has 0 radical (unpaired) electrons. The Hall–Kier alpha value is -2.36. The molecule has 2 heterocycles. The molecule has 4 rings (SSSR count). The van der Waals surface area contributed by atoms with Crippen molar-refractivity contribution in [2.75, 3.05) is 26.2 Å². The number of benzene rings is 2. The largest absolute Gasteiger partial charge is 0.492 e. The number of pyridine rings is 1. The van der Waals surface area contributed by atoms with Crippen molar-refractivity contribution < 1.29 is 4.74 Å². The third-order valence-electron chi connectivity index (χ3n) is 5.22. The first-order valence-electron chi connectivity index (χ1n) is 9.95. The van der Waals surface area contributed by atoms with E-state index in [0.717, 1.165) is 46.3 Å². The predicted molar refractivity (Wildman–Crippen MR) is 116 cm³/mol. The minimum Gasteiger partial charge on any atom is -0.492 e. The zero-order chi connectivity index (χ0) is 19.2. The van der Waals surface area contributed by atoms with Gasteiger partial charge in [-0.15, -0.1) is 0 Å². The van der Waals surface area contributed by atoms with Gasteiger partial charge in [0.15, 0.2) is 0 Å². The third kappa shape index (κ3) is 4.92. The second-order valence-electron chi connectivity index (χ2n) is 7.21. The standard InChI is InChI=1S/C24H25ClN2O/c25-22-9-4-19(5-10-22)21-8-13-24(26-18-21)20-6-11-23(12-7-20)28-17-16-27-14-2-1-3-15-27/h4-13,18H,1-3,14-17H2. The van der Waals surface area contributed by atoms with Gasteiger partial charge in [0.05, 0.1) is 5.69 Å². The average molecular weight is 393 g/mol. The lowest BCUT2D eigenvalue weighted by atomic mass is 10.1. The van der Waals surface area contributed by atoms with Crippen LogP contribution in [0.1, 0.15) is 19.3 Å². The Morgan fingerprint density at radius 3 is 2.14 bits per heavy atom. The topological polar surface area (TPSA) is 25.4 Å².